The molecule has 0 aliphatic rings. The van der Waals surface area contributed by atoms with E-state index in [2.05, 4.69) is 25.3 Å². The van der Waals surface area contributed by atoms with Gasteiger partial charge in [-0.1, -0.05) is 12.1 Å². The Morgan fingerprint density at radius 3 is 3.05 bits per heavy atom. The van der Waals surface area contributed by atoms with Gasteiger partial charge >= 0.3 is 0 Å². The Morgan fingerprint density at radius 2 is 2.16 bits per heavy atom. The maximum absolute atomic E-state index is 13.0. The molecule has 0 unspecified atom stereocenters. The highest BCUT2D eigenvalue weighted by Gasteiger charge is 2.04. The third-order valence-corrected chi connectivity index (χ3v) is 2.82. The van der Waals surface area contributed by atoms with Crippen LogP contribution in [0, 0.1) is 5.82 Å². The van der Waals surface area contributed by atoms with Gasteiger partial charge in [0.1, 0.15) is 17.7 Å². The molecular formula is C13H12FN5. The summed E-state index contributed by atoms with van der Waals surface area (Å²) in [6.45, 7) is 0.661. The number of aromatic nitrogens is 4. The molecule has 0 bridgehead atoms. The standard InChI is InChI=1S/C13H12FN5/c14-10-3-1-2-9(6-10)4-5-15-12-11-13(17-7-16-11)19-8-18-12/h1-3,6-8H,4-5H2,(H2,15,16,17,18,19). The monoisotopic (exact) mass is 257 g/mol. The molecule has 0 atom stereocenters. The largest absolute Gasteiger partial charge is 0.368 e. The van der Waals surface area contributed by atoms with E-state index in [1.165, 1.54) is 18.5 Å². The smallest absolute Gasteiger partial charge is 0.182 e. The number of nitrogens with one attached hydrogen (secondary N) is 2. The third-order valence-electron chi connectivity index (χ3n) is 2.82. The second-order valence-corrected chi connectivity index (χ2v) is 4.13. The molecule has 0 saturated carbocycles. The summed E-state index contributed by atoms with van der Waals surface area (Å²) in [5.74, 6) is 0.495. The first kappa shape index (κ1) is 11.6. The number of H-pyrrole nitrogens is 1. The van der Waals surface area contributed by atoms with Crippen molar-refractivity contribution in [3.63, 3.8) is 0 Å². The summed E-state index contributed by atoms with van der Waals surface area (Å²) in [5.41, 5.74) is 2.35. The van der Waals surface area contributed by atoms with Crippen LogP contribution in [-0.2, 0) is 6.42 Å². The van der Waals surface area contributed by atoms with E-state index in [1.807, 2.05) is 6.07 Å². The van der Waals surface area contributed by atoms with E-state index < -0.39 is 0 Å². The van der Waals surface area contributed by atoms with Gasteiger partial charge < -0.3 is 10.3 Å². The maximum atomic E-state index is 13.0. The molecule has 1 aromatic carbocycles. The lowest BCUT2D eigenvalue weighted by molar-refractivity contribution is 0.625. The van der Waals surface area contributed by atoms with Crippen LogP contribution in [-0.4, -0.2) is 26.5 Å². The number of hydrogen-bond donors (Lipinski definition) is 2. The van der Waals surface area contributed by atoms with E-state index in [4.69, 9.17) is 0 Å². The number of anilines is 1. The van der Waals surface area contributed by atoms with Gasteiger partial charge in [0.05, 0.1) is 6.33 Å². The lowest BCUT2D eigenvalue weighted by Gasteiger charge is -2.06. The Morgan fingerprint density at radius 1 is 1.21 bits per heavy atom. The molecule has 0 amide bonds. The van der Waals surface area contributed by atoms with E-state index in [1.54, 1.807) is 12.4 Å². The fourth-order valence-electron chi connectivity index (χ4n) is 1.92. The molecule has 0 fully saturated rings. The molecular weight excluding hydrogens is 245 g/mol. The van der Waals surface area contributed by atoms with Crippen LogP contribution in [0.25, 0.3) is 11.2 Å². The van der Waals surface area contributed by atoms with Crippen molar-refractivity contribution >= 4 is 17.0 Å². The van der Waals surface area contributed by atoms with Gasteiger partial charge in [-0.05, 0) is 24.1 Å². The molecule has 0 spiro atoms. The SMILES string of the molecule is Fc1cccc(CCNc2ncnc3nc[nH]c23)c1. The number of halogens is 1. The predicted molar refractivity (Wildman–Crippen MR) is 70.3 cm³/mol. The Kier molecular flexibility index (Phi) is 3.06. The lowest BCUT2D eigenvalue weighted by Crippen LogP contribution is -2.07. The van der Waals surface area contributed by atoms with Crippen LogP contribution in [0.1, 0.15) is 5.56 Å². The molecule has 0 saturated heterocycles. The molecule has 3 rings (SSSR count). The number of hydrogen-bond acceptors (Lipinski definition) is 4. The minimum Gasteiger partial charge on any atom is -0.368 e. The molecule has 5 nitrogen and oxygen atoms in total. The van der Waals surface area contributed by atoms with Crippen LogP contribution < -0.4 is 5.32 Å². The summed E-state index contributed by atoms with van der Waals surface area (Å²) in [7, 11) is 0. The van der Waals surface area contributed by atoms with Crippen molar-refractivity contribution in [2.75, 3.05) is 11.9 Å². The van der Waals surface area contributed by atoms with Crippen molar-refractivity contribution in [1.82, 2.24) is 19.9 Å². The third kappa shape index (κ3) is 2.52. The van der Waals surface area contributed by atoms with Gasteiger partial charge in [-0.25, -0.2) is 19.3 Å². The van der Waals surface area contributed by atoms with Gasteiger partial charge in [0.25, 0.3) is 0 Å². The minimum atomic E-state index is -0.213. The van der Waals surface area contributed by atoms with E-state index >= 15 is 0 Å². The molecule has 19 heavy (non-hydrogen) atoms. The van der Waals surface area contributed by atoms with E-state index in [-0.39, 0.29) is 5.82 Å². The number of benzene rings is 1. The first-order valence-electron chi connectivity index (χ1n) is 5.95. The topological polar surface area (TPSA) is 66.5 Å². The van der Waals surface area contributed by atoms with Crippen LogP contribution in [0.15, 0.2) is 36.9 Å². The highest BCUT2D eigenvalue weighted by Crippen LogP contribution is 2.14. The van der Waals surface area contributed by atoms with Crippen molar-refractivity contribution in [1.29, 1.82) is 0 Å². The van der Waals surface area contributed by atoms with Gasteiger partial charge in [0.15, 0.2) is 11.5 Å². The molecule has 96 valence electrons. The fraction of sp³-hybridized carbons (Fsp3) is 0.154. The van der Waals surface area contributed by atoms with E-state index in [0.29, 0.717) is 18.0 Å². The molecule has 2 heterocycles. The van der Waals surface area contributed by atoms with Crippen molar-refractivity contribution in [2.45, 2.75) is 6.42 Å². The quantitative estimate of drug-likeness (QED) is 0.751. The van der Waals surface area contributed by atoms with E-state index in [0.717, 1.165) is 17.5 Å². The van der Waals surface area contributed by atoms with Crippen molar-refractivity contribution in [3.8, 4) is 0 Å². The van der Waals surface area contributed by atoms with Gasteiger partial charge in [0, 0.05) is 6.54 Å². The fourth-order valence-corrected chi connectivity index (χ4v) is 1.92. The number of fused-ring (bicyclic) bond motifs is 1. The Balaban J connectivity index is 1.68. The molecule has 6 heteroatoms. The van der Waals surface area contributed by atoms with Crippen LogP contribution in [0.3, 0.4) is 0 Å². The van der Waals surface area contributed by atoms with Crippen LogP contribution in [0.2, 0.25) is 0 Å². The van der Waals surface area contributed by atoms with Crippen molar-refractivity contribution < 1.29 is 4.39 Å². The van der Waals surface area contributed by atoms with Crippen LogP contribution in [0.4, 0.5) is 10.2 Å². The summed E-state index contributed by atoms with van der Waals surface area (Å²) in [6.07, 6.45) is 3.77. The highest BCUT2D eigenvalue weighted by molar-refractivity contribution is 5.81. The minimum absolute atomic E-state index is 0.213. The lowest BCUT2D eigenvalue weighted by atomic mass is 10.1. The van der Waals surface area contributed by atoms with Crippen molar-refractivity contribution in [3.05, 3.63) is 48.3 Å². The molecule has 0 aliphatic carbocycles. The van der Waals surface area contributed by atoms with E-state index in [9.17, 15) is 4.39 Å². The normalized spacial score (nSPS) is 10.8. The second kappa shape index (κ2) is 5.01. The van der Waals surface area contributed by atoms with Gasteiger partial charge in [-0.15, -0.1) is 0 Å². The number of aromatic amines is 1. The zero-order chi connectivity index (χ0) is 13.1. The molecule has 0 radical (unpaired) electrons. The van der Waals surface area contributed by atoms with Crippen molar-refractivity contribution in [2.24, 2.45) is 0 Å². The average molecular weight is 257 g/mol. The van der Waals surface area contributed by atoms with Gasteiger partial charge in [-0.2, -0.15) is 0 Å². The van der Waals surface area contributed by atoms with Gasteiger partial charge in [-0.3, -0.25) is 0 Å². The molecule has 3 aromatic rings. The Bertz CT molecular complexity index is 694. The second-order valence-electron chi connectivity index (χ2n) is 4.13. The average Bonchev–Trinajstić information content (AvgIpc) is 2.88. The summed E-state index contributed by atoms with van der Waals surface area (Å²) in [4.78, 5) is 15.2. The first-order valence-corrected chi connectivity index (χ1v) is 5.95. The van der Waals surface area contributed by atoms with Gasteiger partial charge in [0.2, 0.25) is 0 Å². The summed E-state index contributed by atoms with van der Waals surface area (Å²) >= 11 is 0. The number of rotatable bonds is 4. The first-order chi connectivity index (χ1) is 9.33. The zero-order valence-corrected chi connectivity index (χ0v) is 10.1. The molecule has 2 aromatic heterocycles. The number of imidazole rings is 1. The number of nitrogens with zero attached hydrogens (tertiary/aromatic N) is 3. The van der Waals surface area contributed by atoms with Crippen LogP contribution >= 0.6 is 0 Å². The maximum Gasteiger partial charge on any atom is 0.182 e. The van der Waals surface area contributed by atoms with Crippen LogP contribution in [0.5, 0.6) is 0 Å². The predicted octanol–water partition coefficient (Wildman–Crippen LogP) is 2.15. The zero-order valence-electron chi connectivity index (χ0n) is 10.1. The Hall–Kier alpha value is -2.50. The highest BCUT2D eigenvalue weighted by atomic mass is 19.1. The molecule has 0 aliphatic heterocycles. The Labute approximate surface area is 108 Å². The summed E-state index contributed by atoms with van der Waals surface area (Å²) < 4.78 is 13.0. The summed E-state index contributed by atoms with van der Waals surface area (Å²) in [5, 5.41) is 3.20. The summed E-state index contributed by atoms with van der Waals surface area (Å²) in [6, 6.07) is 6.59. The molecule has 2 N–H and O–H groups in total.